The van der Waals surface area contributed by atoms with E-state index >= 15 is 0 Å². The maximum absolute atomic E-state index is 13.2. The van der Waals surface area contributed by atoms with Crippen LogP contribution in [0.1, 0.15) is 65.7 Å². The highest BCUT2D eigenvalue weighted by atomic mass is 16.3. The minimum atomic E-state index is -0.266. The highest BCUT2D eigenvalue weighted by molar-refractivity contribution is 6.01. The van der Waals surface area contributed by atoms with Gasteiger partial charge in [0, 0.05) is 5.41 Å². The van der Waals surface area contributed by atoms with Gasteiger partial charge in [0.1, 0.15) is 0 Å². The number of aliphatic hydroxyl groups is 1. The third-order valence-electron chi connectivity index (χ3n) is 7.06. The molecule has 24 heavy (non-hydrogen) atoms. The van der Waals surface area contributed by atoms with Gasteiger partial charge in [0.25, 0.3) is 0 Å². The third kappa shape index (κ3) is 3.06. The maximum Gasteiger partial charge on any atom is 0.165 e. The van der Waals surface area contributed by atoms with E-state index in [1.54, 1.807) is 0 Å². The number of fused-ring (bicyclic) bond motifs is 1. The first-order valence-corrected chi connectivity index (χ1v) is 9.61. The second kappa shape index (κ2) is 6.63. The molecule has 2 saturated carbocycles. The summed E-state index contributed by atoms with van der Waals surface area (Å²) in [5.74, 6) is 1.52. The minimum absolute atomic E-state index is 0.235. The molecule has 2 unspecified atom stereocenters. The van der Waals surface area contributed by atoms with E-state index in [0.717, 1.165) is 50.5 Å². The fraction of sp³-hybridized carbons (Fsp3) is 0.682. The fourth-order valence-corrected chi connectivity index (χ4v) is 5.19. The predicted octanol–water partition coefficient (Wildman–Crippen LogP) is 4.99. The Labute approximate surface area is 146 Å². The quantitative estimate of drug-likeness (QED) is 0.572. The van der Waals surface area contributed by atoms with Crippen molar-refractivity contribution in [2.75, 3.05) is 0 Å². The monoisotopic (exact) mass is 328 g/mol. The Morgan fingerprint density at radius 3 is 2.71 bits per heavy atom. The van der Waals surface area contributed by atoms with E-state index in [-0.39, 0.29) is 17.4 Å². The van der Waals surface area contributed by atoms with E-state index in [1.807, 2.05) is 0 Å². The molecule has 2 nitrogen and oxygen atoms in total. The molecule has 0 heterocycles. The molecule has 0 spiro atoms. The number of hydrogen-bond acceptors (Lipinski definition) is 2. The van der Waals surface area contributed by atoms with Gasteiger partial charge in [0.2, 0.25) is 0 Å². The second-order valence-corrected chi connectivity index (χ2v) is 8.62. The number of aliphatic hydroxyl groups excluding tert-OH is 1. The van der Waals surface area contributed by atoms with Crippen molar-refractivity contribution >= 4 is 5.78 Å². The lowest BCUT2D eigenvalue weighted by molar-refractivity contribution is -0.138. The molecule has 0 bridgehead atoms. The van der Waals surface area contributed by atoms with Crippen molar-refractivity contribution in [3.05, 3.63) is 35.5 Å². The SMILES string of the molecule is C=C(C)[C@@H]1CC=C(/C=C2\CCC3[C@H](C)C(O)CC[C@]3(C)C2=O)CC1. The van der Waals surface area contributed by atoms with Gasteiger partial charge in [0.05, 0.1) is 6.10 Å². The molecule has 0 aromatic rings. The van der Waals surface area contributed by atoms with Crippen LogP contribution in [0.2, 0.25) is 0 Å². The van der Waals surface area contributed by atoms with Crippen LogP contribution in [0, 0.1) is 23.2 Å². The Morgan fingerprint density at radius 2 is 2.08 bits per heavy atom. The zero-order valence-electron chi connectivity index (χ0n) is 15.5. The first-order chi connectivity index (χ1) is 11.3. The predicted molar refractivity (Wildman–Crippen MR) is 98.6 cm³/mol. The largest absolute Gasteiger partial charge is 0.393 e. The van der Waals surface area contributed by atoms with E-state index in [0.29, 0.717) is 17.6 Å². The van der Waals surface area contributed by atoms with Gasteiger partial charge in [-0.1, -0.05) is 43.7 Å². The lowest BCUT2D eigenvalue weighted by Gasteiger charge is -2.49. The lowest BCUT2D eigenvalue weighted by Crippen LogP contribution is -2.50. The van der Waals surface area contributed by atoms with E-state index < -0.39 is 0 Å². The van der Waals surface area contributed by atoms with Gasteiger partial charge in [-0.2, -0.15) is 0 Å². The first-order valence-electron chi connectivity index (χ1n) is 9.61. The standard InChI is InChI=1S/C22H32O2/c1-14(2)17-7-5-16(6-8-17)13-18-9-10-19-15(3)20(23)11-12-22(19,4)21(18)24/h5,13,15,17,19-20,23H,1,6-12H2,2-4H3/b18-13+/t15-,17+,19?,20?,22-/m0/s1. The highest BCUT2D eigenvalue weighted by Crippen LogP contribution is 2.52. The van der Waals surface area contributed by atoms with Gasteiger partial charge < -0.3 is 5.11 Å². The summed E-state index contributed by atoms with van der Waals surface area (Å²) in [5, 5.41) is 10.2. The minimum Gasteiger partial charge on any atom is -0.393 e. The summed E-state index contributed by atoms with van der Waals surface area (Å²) in [6.45, 7) is 10.5. The van der Waals surface area contributed by atoms with Crippen LogP contribution in [0.25, 0.3) is 0 Å². The topological polar surface area (TPSA) is 37.3 Å². The van der Waals surface area contributed by atoms with Crippen molar-refractivity contribution in [1.29, 1.82) is 0 Å². The normalized spacial score (nSPS) is 41.8. The molecular formula is C22H32O2. The number of hydrogen-bond donors (Lipinski definition) is 1. The molecule has 0 amide bonds. The summed E-state index contributed by atoms with van der Waals surface area (Å²) in [6, 6.07) is 0. The number of carbonyl (C=O) groups excluding carboxylic acids is 1. The highest BCUT2D eigenvalue weighted by Gasteiger charge is 2.51. The molecule has 0 radical (unpaired) electrons. The van der Waals surface area contributed by atoms with Crippen LogP contribution in [0.5, 0.6) is 0 Å². The Balaban J connectivity index is 1.77. The Kier molecular flexibility index (Phi) is 4.88. The summed E-state index contributed by atoms with van der Waals surface area (Å²) in [5.41, 5.74) is 3.37. The van der Waals surface area contributed by atoms with Crippen LogP contribution in [-0.2, 0) is 4.79 Å². The maximum atomic E-state index is 13.2. The molecule has 2 fully saturated rings. The van der Waals surface area contributed by atoms with E-state index in [4.69, 9.17) is 0 Å². The smallest absolute Gasteiger partial charge is 0.165 e. The molecule has 3 aliphatic carbocycles. The zero-order valence-corrected chi connectivity index (χ0v) is 15.5. The summed E-state index contributed by atoms with van der Waals surface area (Å²) in [4.78, 5) is 13.2. The molecule has 0 aromatic heterocycles. The van der Waals surface area contributed by atoms with Gasteiger partial charge in [0.15, 0.2) is 5.78 Å². The summed E-state index contributed by atoms with van der Waals surface area (Å²) in [7, 11) is 0. The van der Waals surface area contributed by atoms with Crippen LogP contribution < -0.4 is 0 Å². The van der Waals surface area contributed by atoms with Crippen LogP contribution in [0.3, 0.4) is 0 Å². The van der Waals surface area contributed by atoms with Crippen molar-refractivity contribution in [1.82, 2.24) is 0 Å². The third-order valence-corrected chi connectivity index (χ3v) is 7.06. The van der Waals surface area contributed by atoms with Crippen LogP contribution in [0.15, 0.2) is 35.5 Å². The van der Waals surface area contributed by atoms with Gasteiger partial charge in [-0.05, 0) is 75.2 Å². The van der Waals surface area contributed by atoms with E-state index in [2.05, 4.69) is 39.5 Å². The fourth-order valence-electron chi connectivity index (χ4n) is 5.19. The summed E-state index contributed by atoms with van der Waals surface area (Å²) >= 11 is 0. The molecule has 0 saturated heterocycles. The molecule has 132 valence electrons. The molecule has 2 heteroatoms. The Hall–Kier alpha value is -1.15. The number of Topliss-reactive ketones (excluding diaryl/α,β-unsaturated/α-hetero) is 1. The molecule has 3 aliphatic rings. The van der Waals surface area contributed by atoms with Crippen molar-refractivity contribution in [2.45, 2.75) is 71.8 Å². The van der Waals surface area contributed by atoms with Crippen LogP contribution >= 0.6 is 0 Å². The molecular weight excluding hydrogens is 296 g/mol. The molecule has 1 N–H and O–H groups in total. The van der Waals surface area contributed by atoms with Gasteiger partial charge in [-0.25, -0.2) is 0 Å². The van der Waals surface area contributed by atoms with Crippen molar-refractivity contribution in [2.24, 2.45) is 23.2 Å². The average molecular weight is 328 g/mol. The lowest BCUT2D eigenvalue weighted by atomic mass is 9.54. The molecule has 3 rings (SSSR count). The van der Waals surface area contributed by atoms with E-state index in [1.165, 1.54) is 11.1 Å². The van der Waals surface area contributed by atoms with Crippen LogP contribution in [0.4, 0.5) is 0 Å². The second-order valence-electron chi connectivity index (χ2n) is 8.62. The number of carbonyl (C=O) groups is 1. The molecule has 0 aliphatic heterocycles. The Bertz CT molecular complexity index is 597. The van der Waals surface area contributed by atoms with Crippen LogP contribution in [-0.4, -0.2) is 17.0 Å². The number of ketones is 1. The molecule has 5 atom stereocenters. The first kappa shape index (κ1) is 17.7. The number of allylic oxidation sites excluding steroid dienone is 5. The zero-order chi connectivity index (χ0) is 17.5. The Morgan fingerprint density at radius 1 is 1.33 bits per heavy atom. The van der Waals surface area contributed by atoms with Crippen molar-refractivity contribution < 1.29 is 9.90 Å². The van der Waals surface area contributed by atoms with Gasteiger partial charge in [-0.3, -0.25) is 4.79 Å². The van der Waals surface area contributed by atoms with Gasteiger partial charge in [-0.15, -0.1) is 0 Å². The summed E-state index contributed by atoms with van der Waals surface area (Å²) in [6.07, 6.45) is 11.0. The average Bonchev–Trinajstić information content (AvgIpc) is 2.56. The molecule has 0 aromatic carbocycles. The number of rotatable bonds is 2. The van der Waals surface area contributed by atoms with Crippen molar-refractivity contribution in [3.63, 3.8) is 0 Å². The van der Waals surface area contributed by atoms with Crippen molar-refractivity contribution in [3.8, 4) is 0 Å². The van der Waals surface area contributed by atoms with E-state index in [9.17, 15) is 9.90 Å². The summed E-state index contributed by atoms with van der Waals surface area (Å²) < 4.78 is 0. The van der Waals surface area contributed by atoms with Gasteiger partial charge >= 0.3 is 0 Å².